The van der Waals surface area contributed by atoms with E-state index >= 15 is 0 Å². The molecule has 27 heavy (non-hydrogen) atoms. The molecule has 0 bridgehead atoms. The third-order valence-corrected chi connectivity index (χ3v) is 4.07. The maximum atomic E-state index is 12.4. The summed E-state index contributed by atoms with van der Waals surface area (Å²) in [4.78, 5) is 45.6. The third-order valence-electron chi connectivity index (χ3n) is 4.07. The van der Waals surface area contributed by atoms with Crippen molar-refractivity contribution in [2.24, 2.45) is 0 Å². The second-order valence-electron chi connectivity index (χ2n) is 7.46. The number of aromatic nitrogens is 2. The summed E-state index contributed by atoms with van der Waals surface area (Å²) in [6, 6.07) is 5.99. The molecule has 1 aromatic heterocycles. The van der Waals surface area contributed by atoms with Crippen molar-refractivity contribution in [1.29, 1.82) is 0 Å². The average molecular weight is 373 g/mol. The van der Waals surface area contributed by atoms with Crippen LogP contribution < -0.4 is 16.2 Å². The molecule has 1 atom stereocenters. The van der Waals surface area contributed by atoms with Gasteiger partial charge in [-0.05, 0) is 46.4 Å². The molecule has 0 saturated heterocycles. The van der Waals surface area contributed by atoms with Gasteiger partial charge in [0, 0.05) is 5.54 Å². The number of aromatic amines is 1. The number of imide groups is 1. The molecule has 0 aliphatic rings. The molecule has 8 nitrogen and oxygen atoms in total. The van der Waals surface area contributed by atoms with Gasteiger partial charge in [-0.3, -0.25) is 19.8 Å². The molecule has 146 valence electrons. The SMILES string of the molecule is CCN(Cc1nc2ccccc2c(=O)[nH]1)C(C)C(=O)NC(=O)NC(C)(C)C. The number of hydrogen-bond acceptors (Lipinski definition) is 5. The highest BCUT2D eigenvalue weighted by Crippen LogP contribution is 2.09. The normalized spacial score (nSPS) is 12.8. The van der Waals surface area contributed by atoms with E-state index in [1.54, 1.807) is 25.1 Å². The predicted molar refractivity (Wildman–Crippen MR) is 104 cm³/mol. The standard InChI is InChI=1S/C19H27N5O3/c1-6-24(12(2)16(25)22-18(27)23-19(3,4)5)11-15-20-14-10-8-7-9-13(14)17(26)21-15/h7-10,12H,6,11H2,1-5H3,(H,20,21,26)(H2,22,23,25,27). The Bertz CT molecular complexity index is 885. The van der Waals surface area contributed by atoms with Crippen LogP contribution in [-0.4, -0.2) is 44.9 Å². The van der Waals surface area contributed by atoms with E-state index in [9.17, 15) is 14.4 Å². The Morgan fingerprint density at radius 1 is 1.26 bits per heavy atom. The van der Waals surface area contributed by atoms with Gasteiger partial charge >= 0.3 is 6.03 Å². The molecule has 1 heterocycles. The number of likely N-dealkylation sites (N-methyl/N-ethyl adjacent to an activating group) is 1. The molecule has 0 spiro atoms. The van der Waals surface area contributed by atoms with Gasteiger partial charge in [-0.15, -0.1) is 0 Å². The largest absolute Gasteiger partial charge is 0.333 e. The fraction of sp³-hybridized carbons (Fsp3) is 0.474. The second kappa shape index (κ2) is 8.30. The average Bonchev–Trinajstić information content (AvgIpc) is 2.57. The minimum atomic E-state index is -0.572. The molecule has 0 radical (unpaired) electrons. The Morgan fingerprint density at radius 3 is 2.56 bits per heavy atom. The van der Waals surface area contributed by atoms with Crippen LogP contribution in [0.15, 0.2) is 29.1 Å². The van der Waals surface area contributed by atoms with Crippen molar-refractivity contribution >= 4 is 22.8 Å². The van der Waals surface area contributed by atoms with E-state index in [1.807, 2.05) is 38.7 Å². The Hall–Kier alpha value is -2.74. The fourth-order valence-corrected chi connectivity index (χ4v) is 2.68. The first-order chi connectivity index (χ1) is 12.6. The van der Waals surface area contributed by atoms with E-state index in [1.165, 1.54) is 0 Å². The van der Waals surface area contributed by atoms with Crippen LogP contribution in [0.4, 0.5) is 4.79 Å². The minimum absolute atomic E-state index is 0.215. The predicted octanol–water partition coefficient (Wildman–Crippen LogP) is 1.76. The van der Waals surface area contributed by atoms with E-state index in [-0.39, 0.29) is 12.1 Å². The fourth-order valence-electron chi connectivity index (χ4n) is 2.68. The molecular formula is C19H27N5O3. The van der Waals surface area contributed by atoms with Gasteiger partial charge in [0.2, 0.25) is 5.91 Å². The van der Waals surface area contributed by atoms with Crippen molar-refractivity contribution in [2.45, 2.75) is 52.7 Å². The molecule has 8 heteroatoms. The number of benzene rings is 1. The van der Waals surface area contributed by atoms with E-state index in [0.717, 1.165) is 0 Å². The molecule has 3 amide bonds. The lowest BCUT2D eigenvalue weighted by molar-refractivity contribution is -0.124. The summed E-state index contributed by atoms with van der Waals surface area (Å²) in [6.45, 7) is 9.94. The Labute approximate surface area is 158 Å². The highest BCUT2D eigenvalue weighted by atomic mass is 16.2. The molecule has 2 rings (SSSR count). The Balaban J connectivity index is 2.11. The van der Waals surface area contributed by atoms with Crippen LogP contribution >= 0.6 is 0 Å². The lowest BCUT2D eigenvalue weighted by atomic mass is 10.1. The van der Waals surface area contributed by atoms with E-state index in [0.29, 0.717) is 23.3 Å². The summed E-state index contributed by atoms with van der Waals surface area (Å²) in [5.74, 6) is 0.0566. The molecule has 3 N–H and O–H groups in total. The molecule has 1 unspecified atom stereocenters. The van der Waals surface area contributed by atoms with Crippen LogP contribution in [-0.2, 0) is 11.3 Å². The number of nitrogens with one attached hydrogen (secondary N) is 3. The van der Waals surface area contributed by atoms with Gasteiger partial charge in [-0.1, -0.05) is 19.1 Å². The molecule has 0 saturated carbocycles. The van der Waals surface area contributed by atoms with Crippen LogP contribution in [0.25, 0.3) is 10.9 Å². The highest BCUT2D eigenvalue weighted by Gasteiger charge is 2.24. The smallest absolute Gasteiger partial charge is 0.321 e. The van der Waals surface area contributed by atoms with Crippen molar-refractivity contribution in [2.75, 3.05) is 6.54 Å². The number of amides is 3. The number of para-hydroxylation sites is 1. The zero-order valence-corrected chi connectivity index (χ0v) is 16.4. The molecule has 2 aromatic rings. The van der Waals surface area contributed by atoms with Gasteiger partial charge in [0.1, 0.15) is 5.82 Å². The first kappa shape index (κ1) is 20.6. The van der Waals surface area contributed by atoms with Crippen LogP contribution in [0.1, 0.15) is 40.4 Å². The van der Waals surface area contributed by atoms with E-state index in [2.05, 4.69) is 20.6 Å². The van der Waals surface area contributed by atoms with Gasteiger partial charge in [-0.2, -0.15) is 0 Å². The first-order valence-corrected chi connectivity index (χ1v) is 8.95. The van der Waals surface area contributed by atoms with Crippen molar-refractivity contribution in [3.63, 3.8) is 0 Å². The monoisotopic (exact) mass is 373 g/mol. The van der Waals surface area contributed by atoms with E-state index < -0.39 is 23.5 Å². The molecule has 0 aliphatic carbocycles. The van der Waals surface area contributed by atoms with Gasteiger partial charge in [-0.25, -0.2) is 9.78 Å². The number of carbonyl (C=O) groups is 2. The summed E-state index contributed by atoms with van der Waals surface area (Å²) >= 11 is 0. The van der Waals surface area contributed by atoms with Crippen molar-refractivity contribution in [3.05, 3.63) is 40.4 Å². The highest BCUT2D eigenvalue weighted by molar-refractivity contribution is 5.97. The number of nitrogens with zero attached hydrogens (tertiary/aromatic N) is 2. The van der Waals surface area contributed by atoms with Gasteiger partial charge in [0.15, 0.2) is 0 Å². The number of rotatable bonds is 5. The maximum Gasteiger partial charge on any atom is 0.321 e. The summed E-state index contributed by atoms with van der Waals surface area (Å²) < 4.78 is 0. The van der Waals surface area contributed by atoms with Crippen molar-refractivity contribution in [1.82, 2.24) is 25.5 Å². The first-order valence-electron chi connectivity index (χ1n) is 8.95. The zero-order chi connectivity index (χ0) is 20.2. The third kappa shape index (κ3) is 5.62. The minimum Gasteiger partial charge on any atom is -0.333 e. The quantitative estimate of drug-likeness (QED) is 0.740. The summed E-state index contributed by atoms with van der Waals surface area (Å²) in [5, 5.41) is 5.57. The summed E-state index contributed by atoms with van der Waals surface area (Å²) in [5.41, 5.74) is -0.0470. The van der Waals surface area contributed by atoms with Gasteiger partial charge < -0.3 is 10.3 Å². The van der Waals surface area contributed by atoms with Crippen LogP contribution in [0.5, 0.6) is 0 Å². The molecule has 0 fully saturated rings. The van der Waals surface area contributed by atoms with Crippen LogP contribution in [0.2, 0.25) is 0 Å². The number of fused-ring (bicyclic) bond motifs is 1. The summed E-state index contributed by atoms with van der Waals surface area (Å²) in [7, 11) is 0. The second-order valence-corrected chi connectivity index (χ2v) is 7.46. The number of hydrogen-bond donors (Lipinski definition) is 3. The van der Waals surface area contributed by atoms with E-state index in [4.69, 9.17) is 0 Å². The number of urea groups is 1. The molecule has 1 aromatic carbocycles. The van der Waals surface area contributed by atoms with Crippen LogP contribution in [0.3, 0.4) is 0 Å². The topological polar surface area (TPSA) is 107 Å². The van der Waals surface area contributed by atoms with Gasteiger partial charge in [0.25, 0.3) is 5.56 Å². The Kier molecular flexibility index (Phi) is 6.32. The number of H-pyrrole nitrogens is 1. The number of carbonyl (C=O) groups excluding carboxylic acids is 2. The lowest BCUT2D eigenvalue weighted by Gasteiger charge is -2.27. The zero-order valence-electron chi connectivity index (χ0n) is 16.4. The lowest BCUT2D eigenvalue weighted by Crippen LogP contribution is -2.53. The maximum absolute atomic E-state index is 12.4. The molecule has 0 aliphatic heterocycles. The van der Waals surface area contributed by atoms with Crippen molar-refractivity contribution in [3.8, 4) is 0 Å². The van der Waals surface area contributed by atoms with Crippen molar-refractivity contribution < 1.29 is 9.59 Å². The van der Waals surface area contributed by atoms with Gasteiger partial charge in [0.05, 0.1) is 23.5 Å². The summed E-state index contributed by atoms with van der Waals surface area (Å²) in [6.07, 6.45) is 0. The van der Waals surface area contributed by atoms with Crippen LogP contribution in [0, 0.1) is 0 Å². The Morgan fingerprint density at radius 2 is 1.93 bits per heavy atom. The molecular weight excluding hydrogens is 346 g/mol.